The van der Waals surface area contributed by atoms with E-state index in [2.05, 4.69) is 61.8 Å². The summed E-state index contributed by atoms with van der Waals surface area (Å²) in [6.45, 7) is 12.1. The molecule has 4 rings (SSSR count). The maximum absolute atomic E-state index is 13.8. The normalized spacial score (nSPS) is 16.7. The van der Waals surface area contributed by atoms with Crippen molar-refractivity contribution in [2.45, 2.75) is 57.8 Å². The van der Waals surface area contributed by atoms with Gasteiger partial charge in [-0.25, -0.2) is 4.79 Å². The minimum Gasteiger partial charge on any atom is -0.465 e. The molecule has 1 aliphatic rings. The fourth-order valence-corrected chi connectivity index (χ4v) is 11.3. The second kappa shape index (κ2) is 13.9. The molecular formula is C33H44N4O7SSi. The molecule has 2 heterocycles. The van der Waals surface area contributed by atoms with Crippen LogP contribution in [-0.2, 0) is 31.7 Å². The summed E-state index contributed by atoms with van der Waals surface area (Å²) in [6, 6.07) is 19.8. The van der Waals surface area contributed by atoms with E-state index in [9.17, 15) is 23.1 Å². The third kappa shape index (κ3) is 7.43. The molecular weight excluding hydrogens is 625 g/mol. The van der Waals surface area contributed by atoms with Crippen LogP contribution in [0.25, 0.3) is 0 Å². The van der Waals surface area contributed by atoms with E-state index in [4.69, 9.17) is 8.61 Å². The number of amides is 2. The minimum atomic E-state index is -3.83. The van der Waals surface area contributed by atoms with E-state index in [-0.39, 0.29) is 36.5 Å². The van der Waals surface area contributed by atoms with Crippen LogP contribution in [0.15, 0.2) is 73.3 Å². The van der Waals surface area contributed by atoms with Gasteiger partial charge in [0, 0.05) is 37.5 Å². The number of carbonyl (C=O) groups excluding carboxylic acids is 1. The summed E-state index contributed by atoms with van der Waals surface area (Å²) in [5.74, 6) is -1.05. The average Bonchev–Trinajstić information content (AvgIpc) is 3.41. The van der Waals surface area contributed by atoms with Gasteiger partial charge in [-0.1, -0.05) is 87.5 Å². The Balaban J connectivity index is 1.72. The van der Waals surface area contributed by atoms with E-state index in [1.807, 2.05) is 36.4 Å². The molecule has 1 aliphatic heterocycles. The highest BCUT2D eigenvalue weighted by molar-refractivity contribution is 7.85. The Bertz CT molecular complexity index is 1600. The number of aromatic nitrogens is 2. The first-order valence-corrected chi connectivity index (χ1v) is 18.9. The fourth-order valence-electron chi connectivity index (χ4n) is 6.21. The van der Waals surface area contributed by atoms with Crippen LogP contribution in [0.3, 0.4) is 0 Å². The first kappa shape index (κ1) is 35.1. The number of fused-ring (bicyclic) bond motifs is 1. The van der Waals surface area contributed by atoms with Crippen molar-refractivity contribution in [3.8, 4) is 0 Å². The predicted octanol–water partition coefficient (Wildman–Crippen LogP) is 3.63. The lowest BCUT2D eigenvalue weighted by molar-refractivity contribution is 0.0646. The van der Waals surface area contributed by atoms with Crippen LogP contribution >= 0.6 is 0 Å². The Morgan fingerprint density at radius 1 is 1.15 bits per heavy atom. The molecule has 0 fully saturated rings. The van der Waals surface area contributed by atoms with Gasteiger partial charge in [-0.2, -0.15) is 13.5 Å². The molecule has 13 heteroatoms. The first-order chi connectivity index (χ1) is 21.6. The molecule has 0 saturated carbocycles. The number of aromatic amines is 1. The molecule has 0 radical (unpaired) electrons. The monoisotopic (exact) mass is 668 g/mol. The molecule has 3 atom stereocenters. The molecule has 2 aromatic carbocycles. The molecule has 248 valence electrons. The zero-order valence-corrected chi connectivity index (χ0v) is 29.1. The number of H-pyrrole nitrogens is 1. The van der Waals surface area contributed by atoms with Gasteiger partial charge >= 0.3 is 6.09 Å². The van der Waals surface area contributed by atoms with E-state index in [1.165, 1.54) is 9.80 Å². The number of hydrogen-bond donors (Lipinski definition) is 2. The van der Waals surface area contributed by atoms with Gasteiger partial charge in [0.1, 0.15) is 5.69 Å². The molecule has 0 bridgehead atoms. The molecule has 11 nitrogen and oxygen atoms in total. The van der Waals surface area contributed by atoms with Crippen molar-refractivity contribution >= 4 is 40.8 Å². The third-order valence-corrected chi connectivity index (χ3v) is 14.1. The summed E-state index contributed by atoms with van der Waals surface area (Å²) < 4.78 is 37.0. The Morgan fingerprint density at radius 2 is 1.72 bits per heavy atom. The maximum Gasteiger partial charge on any atom is 0.407 e. The van der Waals surface area contributed by atoms with Gasteiger partial charge < -0.3 is 19.3 Å². The molecule has 0 spiro atoms. The van der Waals surface area contributed by atoms with Crippen molar-refractivity contribution in [2.24, 2.45) is 5.92 Å². The summed E-state index contributed by atoms with van der Waals surface area (Å²) in [5, 5.41) is 18.5. The van der Waals surface area contributed by atoms with E-state index in [1.54, 1.807) is 20.0 Å². The van der Waals surface area contributed by atoms with Gasteiger partial charge in [0.05, 0.1) is 31.2 Å². The van der Waals surface area contributed by atoms with Crippen molar-refractivity contribution in [1.29, 1.82) is 0 Å². The second-order valence-electron chi connectivity index (χ2n) is 12.9. The summed E-state index contributed by atoms with van der Waals surface area (Å²) in [5.41, 5.74) is 1.38. The van der Waals surface area contributed by atoms with Crippen LogP contribution in [0.5, 0.6) is 0 Å². The number of nitrogens with zero attached hydrogens (tertiary/aromatic N) is 3. The Kier molecular flexibility index (Phi) is 10.6. The molecule has 3 aromatic rings. The second-order valence-corrected chi connectivity index (χ2v) is 18.8. The molecule has 1 aromatic heterocycles. The van der Waals surface area contributed by atoms with Crippen LogP contribution in [0.2, 0.25) is 5.04 Å². The van der Waals surface area contributed by atoms with Gasteiger partial charge in [-0.15, -0.1) is 6.58 Å². The van der Waals surface area contributed by atoms with Gasteiger partial charge in [0.25, 0.3) is 24.3 Å². The SMILES string of the molecule is C=C[C@H](O[Si](c1ccccc1)(c1ccccc1)C(C)(C)C)[C@@H](COS(C)(=O)=O)CN(C)C(=O)c1[nH]nc2c1CN(C(=O)O)[C@H](C)C2. The fraction of sp³-hybridized carbons (Fsp3) is 0.424. The van der Waals surface area contributed by atoms with Crippen LogP contribution in [0.4, 0.5) is 4.79 Å². The number of nitrogens with one attached hydrogen (secondary N) is 1. The lowest BCUT2D eigenvalue weighted by atomic mass is 9.99. The summed E-state index contributed by atoms with van der Waals surface area (Å²) in [7, 11) is -5.33. The molecule has 46 heavy (non-hydrogen) atoms. The Labute approximate surface area is 272 Å². The molecule has 2 N–H and O–H groups in total. The summed E-state index contributed by atoms with van der Waals surface area (Å²) >= 11 is 0. The predicted molar refractivity (Wildman–Crippen MR) is 179 cm³/mol. The van der Waals surface area contributed by atoms with Crippen LogP contribution < -0.4 is 10.4 Å². The number of hydrogen-bond acceptors (Lipinski definition) is 7. The van der Waals surface area contributed by atoms with E-state index in [0.717, 1.165) is 16.6 Å². The van der Waals surface area contributed by atoms with Gasteiger partial charge in [0.2, 0.25) is 0 Å². The van der Waals surface area contributed by atoms with E-state index < -0.39 is 42.5 Å². The van der Waals surface area contributed by atoms with Crippen molar-refractivity contribution in [2.75, 3.05) is 26.5 Å². The standard InChI is InChI=1S/C33H44N4O7SSi/c1-8-29(44-46(33(3,4)5,25-15-11-9-12-16-25)26-17-13-10-14-18-26)24(22-43-45(7,41)42)20-36(6)31(38)30-27-21-37(32(39)40)23(2)19-28(27)34-35-30/h8-18,23-24,29H,1,19-22H2,2-7H3,(H,34,35)(H,39,40)/t23-,24-,29+/m1/s1. The quantitative estimate of drug-likeness (QED) is 0.169. The van der Waals surface area contributed by atoms with E-state index in [0.29, 0.717) is 17.7 Å². The highest BCUT2D eigenvalue weighted by Crippen LogP contribution is 2.38. The highest BCUT2D eigenvalue weighted by Gasteiger charge is 2.52. The largest absolute Gasteiger partial charge is 0.465 e. The number of rotatable bonds is 12. The number of benzene rings is 2. The molecule has 0 aliphatic carbocycles. The van der Waals surface area contributed by atoms with Gasteiger partial charge in [0.15, 0.2) is 0 Å². The topological polar surface area (TPSA) is 142 Å². The Morgan fingerprint density at radius 3 is 2.20 bits per heavy atom. The van der Waals surface area contributed by atoms with Crippen molar-refractivity contribution in [1.82, 2.24) is 20.0 Å². The number of carbonyl (C=O) groups is 2. The third-order valence-electron chi connectivity index (χ3n) is 8.54. The molecule has 2 amide bonds. The van der Waals surface area contributed by atoms with Gasteiger partial charge in [-0.3, -0.25) is 14.1 Å². The average molecular weight is 669 g/mol. The van der Waals surface area contributed by atoms with Crippen LogP contribution in [0, 0.1) is 5.92 Å². The van der Waals surface area contributed by atoms with Gasteiger partial charge in [-0.05, 0) is 22.3 Å². The molecule has 0 unspecified atom stereocenters. The first-order valence-electron chi connectivity index (χ1n) is 15.2. The van der Waals surface area contributed by atoms with Crippen LogP contribution in [-0.4, -0.2) is 92.4 Å². The number of carboxylic acid groups (broad SMARTS) is 1. The summed E-state index contributed by atoms with van der Waals surface area (Å²) in [6.07, 6.45) is 1.22. The smallest absolute Gasteiger partial charge is 0.407 e. The zero-order valence-electron chi connectivity index (χ0n) is 27.3. The molecule has 0 saturated heterocycles. The minimum absolute atomic E-state index is 0.0319. The lowest BCUT2D eigenvalue weighted by Gasteiger charge is -2.46. The zero-order chi connectivity index (χ0) is 33.9. The highest BCUT2D eigenvalue weighted by atomic mass is 32.2. The Hall–Kier alpha value is -3.78. The van der Waals surface area contributed by atoms with Crippen LogP contribution in [0.1, 0.15) is 49.4 Å². The maximum atomic E-state index is 13.8. The van der Waals surface area contributed by atoms with E-state index >= 15 is 0 Å². The lowest BCUT2D eigenvalue weighted by Crippen LogP contribution is -2.68. The van der Waals surface area contributed by atoms with Crippen molar-refractivity contribution < 1.29 is 31.7 Å². The van der Waals surface area contributed by atoms with Crippen molar-refractivity contribution in [3.05, 3.63) is 90.3 Å². The van der Waals surface area contributed by atoms with Crippen molar-refractivity contribution in [3.63, 3.8) is 0 Å². The summed E-state index contributed by atoms with van der Waals surface area (Å²) in [4.78, 5) is 28.4.